The second kappa shape index (κ2) is 4.67. The van der Waals surface area contributed by atoms with Crippen molar-refractivity contribution in [3.63, 3.8) is 0 Å². The first-order valence-corrected chi connectivity index (χ1v) is 7.02. The average molecular weight is 284 g/mol. The molecule has 2 nitrogen and oxygen atoms in total. The first-order chi connectivity index (χ1) is 10.2. The van der Waals surface area contributed by atoms with E-state index in [1.807, 2.05) is 0 Å². The van der Waals surface area contributed by atoms with E-state index in [2.05, 4.69) is 9.88 Å². The number of halogens is 2. The third-order valence-corrected chi connectivity index (χ3v) is 4.07. The Balaban J connectivity index is 2.05. The number of hydrogen-bond acceptors (Lipinski definition) is 1. The zero-order chi connectivity index (χ0) is 14.4. The molecule has 106 valence electrons. The molecule has 0 bridgehead atoms. The third kappa shape index (κ3) is 1.94. The highest BCUT2D eigenvalue weighted by Crippen LogP contribution is 2.32. The molecule has 1 aromatic heterocycles. The lowest BCUT2D eigenvalue weighted by Crippen LogP contribution is -2.24. The topological polar surface area (TPSA) is 17.0 Å². The van der Waals surface area contributed by atoms with Gasteiger partial charge in [-0.1, -0.05) is 0 Å². The Labute approximate surface area is 121 Å². The molecule has 0 saturated carbocycles. The number of fused-ring (bicyclic) bond motifs is 3. The molecule has 0 saturated heterocycles. The molecule has 1 N–H and O–H groups in total. The minimum atomic E-state index is -0.253. The summed E-state index contributed by atoms with van der Waals surface area (Å²) in [5.41, 5.74) is 4.20. The van der Waals surface area contributed by atoms with Crippen LogP contribution in [0, 0.1) is 11.6 Å². The van der Waals surface area contributed by atoms with Crippen LogP contribution in [0.1, 0.15) is 11.3 Å². The van der Waals surface area contributed by atoms with Crippen molar-refractivity contribution in [2.75, 3.05) is 6.54 Å². The second-order valence-electron chi connectivity index (χ2n) is 5.33. The van der Waals surface area contributed by atoms with Crippen molar-refractivity contribution in [2.45, 2.75) is 13.0 Å². The molecule has 0 radical (unpaired) electrons. The van der Waals surface area contributed by atoms with Crippen LogP contribution in [0.15, 0.2) is 42.5 Å². The molecule has 0 amide bonds. The SMILES string of the molecule is Fc1ccc(-n2c3c(c4cc(F)ccc42)CNCC3)cc1. The lowest BCUT2D eigenvalue weighted by Gasteiger charge is -2.17. The highest BCUT2D eigenvalue weighted by atomic mass is 19.1. The minimum Gasteiger partial charge on any atom is -0.313 e. The van der Waals surface area contributed by atoms with Gasteiger partial charge in [-0.25, -0.2) is 8.78 Å². The van der Waals surface area contributed by atoms with Crippen LogP contribution in [0.5, 0.6) is 0 Å². The summed E-state index contributed by atoms with van der Waals surface area (Å²) >= 11 is 0. The first-order valence-electron chi connectivity index (χ1n) is 7.02. The van der Waals surface area contributed by atoms with Crippen molar-refractivity contribution in [1.29, 1.82) is 0 Å². The molecular formula is C17H14F2N2. The fraction of sp³-hybridized carbons (Fsp3) is 0.176. The number of nitrogens with zero attached hydrogens (tertiary/aromatic N) is 1. The van der Waals surface area contributed by atoms with Crippen LogP contribution in [0.3, 0.4) is 0 Å². The van der Waals surface area contributed by atoms with Crippen LogP contribution in [0.2, 0.25) is 0 Å². The van der Waals surface area contributed by atoms with Gasteiger partial charge in [0.15, 0.2) is 0 Å². The van der Waals surface area contributed by atoms with Gasteiger partial charge in [-0.15, -0.1) is 0 Å². The Morgan fingerprint density at radius 2 is 1.71 bits per heavy atom. The maximum atomic E-state index is 13.6. The maximum Gasteiger partial charge on any atom is 0.123 e. The van der Waals surface area contributed by atoms with Gasteiger partial charge in [-0.05, 0) is 48.0 Å². The van der Waals surface area contributed by atoms with Crippen molar-refractivity contribution >= 4 is 10.9 Å². The predicted octanol–water partition coefficient (Wildman–Crippen LogP) is 3.55. The van der Waals surface area contributed by atoms with Crippen molar-refractivity contribution in [2.24, 2.45) is 0 Å². The van der Waals surface area contributed by atoms with E-state index in [4.69, 9.17) is 0 Å². The fourth-order valence-corrected chi connectivity index (χ4v) is 3.15. The summed E-state index contributed by atoms with van der Waals surface area (Å²) in [4.78, 5) is 0. The molecular weight excluding hydrogens is 270 g/mol. The molecule has 21 heavy (non-hydrogen) atoms. The van der Waals surface area contributed by atoms with Gasteiger partial charge in [0.2, 0.25) is 0 Å². The molecule has 2 aromatic carbocycles. The Bertz CT molecular complexity index is 819. The summed E-state index contributed by atoms with van der Waals surface area (Å²) in [5.74, 6) is -0.482. The number of benzene rings is 2. The molecule has 1 aliphatic rings. The Morgan fingerprint density at radius 1 is 0.952 bits per heavy atom. The number of rotatable bonds is 1. The van der Waals surface area contributed by atoms with Crippen LogP contribution in [-0.4, -0.2) is 11.1 Å². The monoisotopic (exact) mass is 284 g/mol. The second-order valence-corrected chi connectivity index (χ2v) is 5.33. The molecule has 1 aliphatic heterocycles. The molecule has 4 rings (SSSR count). The van der Waals surface area contributed by atoms with Crippen molar-refractivity contribution in [1.82, 2.24) is 9.88 Å². The van der Waals surface area contributed by atoms with Gasteiger partial charge in [-0.3, -0.25) is 0 Å². The molecule has 0 fully saturated rings. The Hall–Kier alpha value is -2.20. The van der Waals surface area contributed by atoms with Gasteiger partial charge in [0, 0.05) is 36.3 Å². The molecule has 0 atom stereocenters. The van der Waals surface area contributed by atoms with E-state index in [1.54, 1.807) is 24.3 Å². The van der Waals surface area contributed by atoms with Crippen LogP contribution in [0.4, 0.5) is 8.78 Å². The summed E-state index contributed by atoms with van der Waals surface area (Å²) in [7, 11) is 0. The minimum absolute atomic E-state index is 0.230. The molecule has 3 aromatic rings. The molecule has 2 heterocycles. The number of nitrogens with one attached hydrogen (secondary N) is 1. The van der Waals surface area contributed by atoms with Gasteiger partial charge in [0.25, 0.3) is 0 Å². The standard InChI is InChI=1S/C17H14F2N2/c18-11-1-4-13(5-2-11)21-16-6-3-12(19)9-14(16)15-10-20-8-7-17(15)21/h1-6,9,20H,7-8,10H2. The van der Waals surface area contributed by atoms with E-state index in [0.29, 0.717) is 0 Å². The normalized spacial score (nSPS) is 14.4. The zero-order valence-electron chi connectivity index (χ0n) is 11.4. The van der Waals surface area contributed by atoms with E-state index in [-0.39, 0.29) is 11.6 Å². The molecule has 4 heteroatoms. The number of aromatic nitrogens is 1. The molecule has 0 unspecified atom stereocenters. The highest BCUT2D eigenvalue weighted by molar-refractivity contribution is 5.87. The smallest absolute Gasteiger partial charge is 0.123 e. The van der Waals surface area contributed by atoms with Crippen LogP contribution >= 0.6 is 0 Å². The van der Waals surface area contributed by atoms with Gasteiger partial charge >= 0.3 is 0 Å². The van der Waals surface area contributed by atoms with Gasteiger partial charge in [0.05, 0.1) is 5.52 Å². The van der Waals surface area contributed by atoms with E-state index in [1.165, 1.54) is 23.9 Å². The average Bonchev–Trinajstić information content (AvgIpc) is 2.82. The quantitative estimate of drug-likeness (QED) is 0.723. The van der Waals surface area contributed by atoms with Crippen molar-refractivity contribution < 1.29 is 8.78 Å². The van der Waals surface area contributed by atoms with Gasteiger partial charge in [-0.2, -0.15) is 0 Å². The summed E-state index contributed by atoms with van der Waals surface area (Å²) in [6, 6.07) is 11.3. The summed E-state index contributed by atoms with van der Waals surface area (Å²) in [6.07, 6.45) is 0.878. The lowest BCUT2D eigenvalue weighted by molar-refractivity contribution is 0.623. The zero-order valence-corrected chi connectivity index (χ0v) is 11.4. The maximum absolute atomic E-state index is 13.6. The van der Waals surface area contributed by atoms with Gasteiger partial charge < -0.3 is 9.88 Å². The van der Waals surface area contributed by atoms with E-state index < -0.39 is 0 Å². The largest absolute Gasteiger partial charge is 0.313 e. The van der Waals surface area contributed by atoms with E-state index in [9.17, 15) is 8.78 Å². The van der Waals surface area contributed by atoms with Crippen LogP contribution in [0.25, 0.3) is 16.6 Å². The first kappa shape index (κ1) is 12.5. The Kier molecular flexibility index (Phi) is 2.79. The summed E-state index contributed by atoms with van der Waals surface area (Å²) in [6.45, 7) is 1.64. The third-order valence-electron chi connectivity index (χ3n) is 4.07. The van der Waals surface area contributed by atoms with Crippen LogP contribution in [-0.2, 0) is 13.0 Å². The van der Waals surface area contributed by atoms with Crippen LogP contribution < -0.4 is 5.32 Å². The molecule has 0 aliphatic carbocycles. The van der Waals surface area contributed by atoms with E-state index >= 15 is 0 Å². The predicted molar refractivity (Wildman–Crippen MR) is 78.6 cm³/mol. The fourth-order valence-electron chi connectivity index (χ4n) is 3.15. The number of hydrogen-bond donors (Lipinski definition) is 1. The Morgan fingerprint density at radius 3 is 2.52 bits per heavy atom. The van der Waals surface area contributed by atoms with Crippen molar-refractivity contribution in [3.8, 4) is 5.69 Å². The molecule has 0 spiro atoms. The van der Waals surface area contributed by atoms with Gasteiger partial charge in [0.1, 0.15) is 11.6 Å². The van der Waals surface area contributed by atoms with Crippen molar-refractivity contribution in [3.05, 3.63) is 65.4 Å². The summed E-state index contributed by atoms with van der Waals surface area (Å²) < 4.78 is 28.9. The highest BCUT2D eigenvalue weighted by Gasteiger charge is 2.20. The summed E-state index contributed by atoms with van der Waals surface area (Å²) in [5, 5.41) is 4.26. The van der Waals surface area contributed by atoms with E-state index in [0.717, 1.165) is 41.7 Å². The lowest BCUT2D eigenvalue weighted by atomic mass is 10.1.